The molecule has 0 fully saturated rings. The minimum Gasteiger partial charge on any atom is -0.496 e. The van der Waals surface area contributed by atoms with Crippen LogP contribution in [0.15, 0.2) is 30.6 Å². The summed E-state index contributed by atoms with van der Waals surface area (Å²) in [6.07, 6.45) is -3.88. The minimum atomic E-state index is -4.79. The summed E-state index contributed by atoms with van der Waals surface area (Å²) in [6, 6.07) is 1.31. The first-order valence-electron chi connectivity index (χ1n) is 13.1. The molecule has 0 bridgehead atoms. The van der Waals surface area contributed by atoms with Crippen LogP contribution in [0.5, 0.6) is 5.75 Å². The highest BCUT2D eigenvalue weighted by molar-refractivity contribution is 5.79. The molecule has 0 spiro atoms. The molecule has 15 heteroatoms. The van der Waals surface area contributed by atoms with Crippen LogP contribution in [0, 0.1) is 17.5 Å². The fourth-order valence-corrected chi connectivity index (χ4v) is 4.72. The van der Waals surface area contributed by atoms with E-state index in [9.17, 15) is 35.9 Å². The van der Waals surface area contributed by atoms with Crippen molar-refractivity contribution in [3.05, 3.63) is 65.1 Å². The monoisotopic (exact) mass is 613 g/mol. The first kappa shape index (κ1) is 31.6. The van der Waals surface area contributed by atoms with Crippen LogP contribution in [-0.2, 0) is 35.2 Å². The number of nitrogens with one attached hydrogen (secondary N) is 1. The van der Waals surface area contributed by atoms with E-state index >= 15 is 0 Å². The lowest BCUT2D eigenvalue weighted by molar-refractivity contribution is -0.148. The van der Waals surface area contributed by atoms with Gasteiger partial charge in [-0.1, -0.05) is 0 Å². The highest BCUT2D eigenvalue weighted by Crippen LogP contribution is 2.38. The molecule has 3 aromatic rings. The molecule has 1 aliphatic rings. The third kappa shape index (κ3) is 7.38. The molecule has 0 aliphatic carbocycles. The van der Waals surface area contributed by atoms with Crippen LogP contribution < -0.4 is 10.1 Å². The average molecular weight is 614 g/mol. The number of halogens is 6. The standard InChI is InChI=1S/C28H29F6N5O4/c1-27(2,3)43-26(41)36-16(9-15-10-19(30)20(31)12-18(15)29)11-23(40)38-7-8-39-21(14-38)24(37-25(39)28(32,33)34)17-13-35-6-5-22(17)42-4/h5-6,10,12-13,16H,7-9,11,14H2,1-4H3,(H,36,41)/t16-/m1/s1. The third-order valence-electron chi connectivity index (χ3n) is 6.57. The number of nitrogens with zero attached hydrogens (tertiary/aromatic N) is 4. The van der Waals surface area contributed by atoms with E-state index in [2.05, 4.69) is 15.3 Å². The maximum absolute atomic E-state index is 14.5. The van der Waals surface area contributed by atoms with Gasteiger partial charge in [0.25, 0.3) is 0 Å². The zero-order chi connectivity index (χ0) is 31.7. The number of carbonyl (C=O) groups is 2. The zero-order valence-electron chi connectivity index (χ0n) is 23.7. The summed E-state index contributed by atoms with van der Waals surface area (Å²) in [7, 11) is 1.34. The summed E-state index contributed by atoms with van der Waals surface area (Å²) >= 11 is 0. The van der Waals surface area contributed by atoms with Crippen molar-refractivity contribution in [1.29, 1.82) is 0 Å². The van der Waals surface area contributed by atoms with Gasteiger partial charge in [-0.3, -0.25) is 9.78 Å². The predicted octanol–water partition coefficient (Wildman–Crippen LogP) is 5.26. The molecule has 0 saturated heterocycles. The summed E-state index contributed by atoms with van der Waals surface area (Å²) in [6.45, 7) is 4.14. The van der Waals surface area contributed by atoms with Gasteiger partial charge in [0.15, 0.2) is 11.6 Å². The topological polar surface area (TPSA) is 98.6 Å². The van der Waals surface area contributed by atoms with Gasteiger partial charge in [0.05, 0.1) is 30.6 Å². The van der Waals surface area contributed by atoms with E-state index in [0.29, 0.717) is 12.1 Å². The van der Waals surface area contributed by atoms with Crippen LogP contribution in [0.2, 0.25) is 0 Å². The van der Waals surface area contributed by atoms with E-state index in [0.717, 1.165) is 4.57 Å². The Labute approximate surface area is 242 Å². The number of hydrogen-bond acceptors (Lipinski definition) is 6. The van der Waals surface area contributed by atoms with Crippen LogP contribution in [0.4, 0.5) is 31.1 Å². The number of fused-ring (bicyclic) bond motifs is 1. The fraction of sp³-hybridized carbons (Fsp3) is 0.429. The number of carbonyl (C=O) groups excluding carboxylic acids is 2. The Kier molecular flexibility index (Phi) is 8.92. The van der Waals surface area contributed by atoms with Crippen molar-refractivity contribution in [2.45, 2.75) is 64.5 Å². The summed E-state index contributed by atoms with van der Waals surface area (Å²) in [5, 5.41) is 2.47. The van der Waals surface area contributed by atoms with E-state index in [-0.39, 0.29) is 47.9 Å². The Balaban J connectivity index is 1.63. The largest absolute Gasteiger partial charge is 0.496 e. The molecule has 1 aliphatic heterocycles. The van der Waals surface area contributed by atoms with Crippen molar-refractivity contribution in [3.8, 4) is 17.0 Å². The van der Waals surface area contributed by atoms with Crippen molar-refractivity contribution in [2.75, 3.05) is 13.7 Å². The maximum atomic E-state index is 14.5. The van der Waals surface area contributed by atoms with Gasteiger partial charge in [0.2, 0.25) is 11.7 Å². The van der Waals surface area contributed by atoms with Gasteiger partial charge in [0, 0.05) is 44.0 Å². The normalized spacial score (nSPS) is 14.2. The van der Waals surface area contributed by atoms with E-state index in [4.69, 9.17) is 9.47 Å². The lowest BCUT2D eigenvalue weighted by Gasteiger charge is -2.31. The van der Waals surface area contributed by atoms with Crippen molar-refractivity contribution in [2.24, 2.45) is 0 Å². The number of imidazole rings is 1. The number of rotatable bonds is 7. The Bertz CT molecular complexity index is 1520. The number of aromatic nitrogens is 3. The molecule has 2 aromatic heterocycles. The van der Waals surface area contributed by atoms with Crippen LogP contribution in [0.3, 0.4) is 0 Å². The average Bonchev–Trinajstić information content (AvgIpc) is 3.30. The van der Waals surface area contributed by atoms with E-state index < -0.39 is 65.9 Å². The second-order valence-corrected chi connectivity index (χ2v) is 10.9. The molecule has 232 valence electrons. The Hall–Kier alpha value is -4.30. The van der Waals surface area contributed by atoms with Crippen LogP contribution >= 0.6 is 0 Å². The van der Waals surface area contributed by atoms with Crippen LogP contribution in [0.25, 0.3) is 11.3 Å². The van der Waals surface area contributed by atoms with Crippen LogP contribution in [-0.4, -0.2) is 56.7 Å². The Morgan fingerprint density at radius 3 is 2.42 bits per heavy atom. The predicted molar refractivity (Wildman–Crippen MR) is 140 cm³/mol. The zero-order valence-corrected chi connectivity index (χ0v) is 23.7. The lowest BCUT2D eigenvalue weighted by Crippen LogP contribution is -2.45. The first-order valence-corrected chi connectivity index (χ1v) is 13.1. The van der Waals surface area contributed by atoms with Crippen molar-refractivity contribution < 1.29 is 45.4 Å². The lowest BCUT2D eigenvalue weighted by atomic mass is 10.0. The highest BCUT2D eigenvalue weighted by atomic mass is 19.4. The van der Waals surface area contributed by atoms with Gasteiger partial charge < -0.3 is 24.3 Å². The van der Waals surface area contributed by atoms with Gasteiger partial charge in [0.1, 0.15) is 17.2 Å². The number of alkyl halides is 3. The summed E-state index contributed by atoms with van der Waals surface area (Å²) < 4.78 is 95.0. The number of benzene rings is 1. The van der Waals surface area contributed by atoms with Gasteiger partial charge in [-0.25, -0.2) is 22.9 Å². The number of ether oxygens (including phenoxy) is 2. The number of amides is 2. The summed E-state index contributed by atoms with van der Waals surface area (Å²) in [5.41, 5.74) is -1.01. The van der Waals surface area contributed by atoms with Crippen LogP contribution in [0.1, 0.15) is 44.3 Å². The second kappa shape index (κ2) is 12.1. The molecular formula is C28H29F6N5O4. The molecule has 1 N–H and O–H groups in total. The third-order valence-corrected chi connectivity index (χ3v) is 6.57. The number of pyridine rings is 1. The first-order chi connectivity index (χ1) is 20.1. The molecule has 1 aromatic carbocycles. The number of methoxy groups -OCH3 is 1. The molecule has 0 unspecified atom stereocenters. The Morgan fingerprint density at radius 2 is 1.77 bits per heavy atom. The molecule has 4 rings (SSSR count). The molecule has 2 amide bonds. The van der Waals surface area contributed by atoms with Gasteiger partial charge >= 0.3 is 12.3 Å². The molecule has 9 nitrogen and oxygen atoms in total. The second-order valence-electron chi connectivity index (χ2n) is 10.9. The molecule has 0 radical (unpaired) electrons. The molecule has 0 saturated carbocycles. The van der Waals surface area contributed by atoms with E-state index in [1.54, 1.807) is 20.8 Å². The van der Waals surface area contributed by atoms with E-state index in [1.807, 2.05) is 0 Å². The highest BCUT2D eigenvalue weighted by Gasteiger charge is 2.41. The quantitative estimate of drug-likeness (QED) is 0.289. The Morgan fingerprint density at radius 1 is 1.07 bits per heavy atom. The molecule has 43 heavy (non-hydrogen) atoms. The minimum absolute atomic E-state index is 0.0675. The molecular weight excluding hydrogens is 584 g/mol. The summed E-state index contributed by atoms with van der Waals surface area (Å²) in [5.74, 6) is -5.33. The summed E-state index contributed by atoms with van der Waals surface area (Å²) in [4.78, 5) is 35.1. The number of alkyl carbamates (subject to hydrolysis) is 1. The smallest absolute Gasteiger partial charge is 0.449 e. The van der Waals surface area contributed by atoms with Gasteiger partial charge in [-0.2, -0.15) is 13.2 Å². The van der Waals surface area contributed by atoms with Crippen molar-refractivity contribution in [1.82, 2.24) is 24.8 Å². The van der Waals surface area contributed by atoms with Crippen molar-refractivity contribution in [3.63, 3.8) is 0 Å². The van der Waals surface area contributed by atoms with Crippen molar-refractivity contribution >= 4 is 12.0 Å². The SMILES string of the molecule is COc1ccncc1-c1nc(C(F)(F)F)n2c1CN(C(=O)C[C@@H](Cc1cc(F)c(F)cc1F)NC(=O)OC(C)(C)C)CC2. The van der Waals surface area contributed by atoms with Gasteiger partial charge in [-0.05, 0) is 44.9 Å². The number of hydrogen-bond donors (Lipinski definition) is 1. The molecule has 3 heterocycles. The van der Waals surface area contributed by atoms with E-state index in [1.165, 1.54) is 30.5 Å². The molecule has 1 atom stereocenters. The fourth-order valence-electron chi connectivity index (χ4n) is 4.72. The maximum Gasteiger partial charge on any atom is 0.449 e. The van der Waals surface area contributed by atoms with Gasteiger partial charge in [-0.15, -0.1) is 0 Å².